The molecule has 0 radical (unpaired) electrons. The van der Waals surface area contributed by atoms with Gasteiger partial charge in [0.25, 0.3) is 0 Å². The summed E-state index contributed by atoms with van der Waals surface area (Å²) in [5, 5.41) is 9.90. The molecule has 0 aliphatic heterocycles. The van der Waals surface area contributed by atoms with Crippen LogP contribution >= 0.6 is 0 Å². The van der Waals surface area contributed by atoms with Crippen molar-refractivity contribution < 1.29 is 19.0 Å². The zero-order valence-corrected chi connectivity index (χ0v) is 11.0. The number of hydrogen-bond acceptors (Lipinski definition) is 3. The van der Waals surface area contributed by atoms with Crippen molar-refractivity contribution in [1.82, 2.24) is 0 Å². The fraction of sp³-hybridized carbons (Fsp3) is 0.188. The first-order chi connectivity index (χ1) is 9.63. The molecule has 2 aromatic rings. The third-order valence-electron chi connectivity index (χ3n) is 3.04. The van der Waals surface area contributed by atoms with E-state index in [-0.39, 0.29) is 5.56 Å². The van der Waals surface area contributed by atoms with Gasteiger partial charge >= 0.3 is 0 Å². The number of aliphatic hydroxyl groups is 1. The van der Waals surface area contributed by atoms with Gasteiger partial charge in [0.05, 0.1) is 7.11 Å². The third-order valence-corrected chi connectivity index (χ3v) is 3.04. The van der Waals surface area contributed by atoms with Gasteiger partial charge in [-0.1, -0.05) is 30.3 Å². The van der Waals surface area contributed by atoms with Crippen LogP contribution in [0.25, 0.3) is 0 Å². The number of ketones is 1. The maximum atomic E-state index is 14.1. The molecule has 0 saturated carbocycles. The van der Waals surface area contributed by atoms with E-state index in [1.807, 2.05) is 0 Å². The lowest BCUT2D eigenvalue weighted by Crippen LogP contribution is -2.24. The molecule has 0 fully saturated rings. The predicted molar refractivity (Wildman–Crippen MR) is 73.6 cm³/mol. The predicted octanol–water partition coefficient (Wildman–Crippen LogP) is 2.95. The normalized spacial score (nSPS) is 13.6. The number of hydrogen-bond donors (Lipinski definition) is 1. The van der Waals surface area contributed by atoms with Gasteiger partial charge in [-0.15, -0.1) is 0 Å². The summed E-state index contributed by atoms with van der Waals surface area (Å²) in [6.45, 7) is 0. The summed E-state index contributed by atoms with van der Waals surface area (Å²) in [4.78, 5) is 12.0. The largest absolute Gasteiger partial charge is 0.497 e. The monoisotopic (exact) mass is 274 g/mol. The van der Waals surface area contributed by atoms with Crippen molar-refractivity contribution in [2.75, 3.05) is 7.11 Å². The summed E-state index contributed by atoms with van der Waals surface area (Å²) in [6, 6.07) is 14.4. The van der Waals surface area contributed by atoms with Crippen molar-refractivity contribution in [1.29, 1.82) is 0 Å². The Kier molecular flexibility index (Phi) is 4.48. The molecule has 0 bridgehead atoms. The van der Waals surface area contributed by atoms with Crippen LogP contribution in [0.4, 0.5) is 4.39 Å². The van der Waals surface area contributed by atoms with Crippen LogP contribution in [0.2, 0.25) is 0 Å². The average Bonchev–Trinajstić information content (AvgIpc) is 2.53. The van der Waals surface area contributed by atoms with Crippen LogP contribution in [0.3, 0.4) is 0 Å². The molecular formula is C16H15FO3. The Hall–Kier alpha value is -2.20. The summed E-state index contributed by atoms with van der Waals surface area (Å²) in [6.07, 6.45) is -3.46. The molecule has 0 aromatic heterocycles. The van der Waals surface area contributed by atoms with Gasteiger partial charge in [-0.2, -0.15) is 0 Å². The summed E-state index contributed by atoms with van der Waals surface area (Å²) >= 11 is 0. The van der Waals surface area contributed by atoms with Gasteiger partial charge in [0.1, 0.15) is 11.9 Å². The highest BCUT2D eigenvalue weighted by molar-refractivity contribution is 5.99. The van der Waals surface area contributed by atoms with Crippen molar-refractivity contribution in [3.05, 3.63) is 65.7 Å². The SMILES string of the molecule is COc1ccc(C(=O)C(F)C(O)c2ccccc2)cc1. The van der Waals surface area contributed by atoms with Crippen molar-refractivity contribution in [3.63, 3.8) is 0 Å². The standard InChI is InChI=1S/C16H15FO3/c1-20-13-9-7-12(8-10-13)16(19)14(17)15(18)11-5-3-2-4-6-11/h2-10,14-15,18H,1H3. The van der Waals surface area contributed by atoms with E-state index >= 15 is 0 Å². The lowest BCUT2D eigenvalue weighted by atomic mass is 9.98. The second kappa shape index (κ2) is 6.30. The molecule has 2 rings (SSSR count). The molecular weight excluding hydrogens is 259 g/mol. The van der Waals surface area contributed by atoms with Gasteiger partial charge in [-0.3, -0.25) is 4.79 Å². The lowest BCUT2D eigenvalue weighted by Gasteiger charge is -2.15. The molecule has 104 valence electrons. The Bertz CT molecular complexity index is 566. The molecule has 4 heteroatoms. The Labute approximate surface area is 116 Å². The molecule has 2 atom stereocenters. The van der Waals surface area contributed by atoms with Crippen LogP contribution in [0.1, 0.15) is 22.0 Å². The number of rotatable bonds is 5. The first-order valence-corrected chi connectivity index (χ1v) is 6.19. The van der Waals surface area contributed by atoms with Crippen LogP contribution in [0, 0.1) is 0 Å². The average molecular weight is 274 g/mol. The minimum atomic E-state index is -1.99. The quantitative estimate of drug-likeness (QED) is 0.853. The second-order valence-corrected chi connectivity index (χ2v) is 4.35. The van der Waals surface area contributed by atoms with Crippen LogP contribution in [0.15, 0.2) is 54.6 Å². The van der Waals surface area contributed by atoms with Crippen LogP contribution in [-0.4, -0.2) is 24.2 Å². The number of halogens is 1. The zero-order valence-electron chi connectivity index (χ0n) is 11.0. The molecule has 3 nitrogen and oxygen atoms in total. The maximum absolute atomic E-state index is 14.1. The Morgan fingerprint density at radius 2 is 1.70 bits per heavy atom. The van der Waals surface area contributed by atoms with Crippen molar-refractivity contribution in [2.45, 2.75) is 12.3 Å². The third kappa shape index (κ3) is 3.03. The van der Waals surface area contributed by atoms with Crippen LogP contribution < -0.4 is 4.74 Å². The summed E-state index contributed by atoms with van der Waals surface area (Å²) in [5.74, 6) is -0.162. The number of aliphatic hydroxyl groups excluding tert-OH is 1. The van der Waals surface area contributed by atoms with E-state index < -0.39 is 18.1 Å². The highest BCUT2D eigenvalue weighted by Crippen LogP contribution is 2.23. The van der Waals surface area contributed by atoms with E-state index in [1.165, 1.54) is 19.2 Å². The summed E-state index contributed by atoms with van der Waals surface area (Å²) in [5.41, 5.74) is 0.579. The molecule has 20 heavy (non-hydrogen) atoms. The number of Topliss-reactive ketones (excluding diaryl/α,β-unsaturated/α-hetero) is 1. The topological polar surface area (TPSA) is 46.5 Å². The fourth-order valence-corrected chi connectivity index (χ4v) is 1.88. The first kappa shape index (κ1) is 14.2. The maximum Gasteiger partial charge on any atom is 0.199 e. The smallest absolute Gasteiger partial charge is 0.199 e. The highest BCUT2D eigenvalue weighted by Gasteiger charge is 2.28. The highest BCUT2D eigenvalue weighted by atomic mass is 19.1. The van der Waals surface area contributed by atoms with Gasteiger partial charge in [-0.25, -0.2) is 4.39 Å². The molecule has 0 spiro atoms. The second-order valence-electron chi connectivity index (χ2n) is 4.35. The van der Waals surface area contributed by atoms with Crippen LogP contribution in [-0.2, 0) is 0 Å². The fourth-order valence-electron chi connectivity index (χ4n) is 1.88. The lowest BCUT2D eigenvalue weighted by molar-refractivity contribution is 0.0549. The number of carbonyl (C=O) groups excluding carboxylic acids is 1. The molecule has 2 unspecified atom stereocenters. The van der Waals surface area contributed by atoms with Gasteiger partial charge in [0, 0.05) is 5.56 Å². The Morgan fingerprint density at radius 3 is 2.25 bits per heavy atom. The minimum absolute atomic E-state index is 0.202. The molecule has 0 aliphatic carbocycles. The Balaban J connectivity index is 2.15. The number of alkyl halides is 1. The minimum Gasteiger partial charge on any atom is -0.497 e. The van der Waals surface area contributed by atoms with Crippen LogP contribution in [0.5, 0.6) is 5.75 Å². The molecule has 2 aromatic carbocycles. The van der Waals surface area contributed by atoms with E-state index in [9.17, 15) is 14.3 Å². The van der Waals surface area contributed by atoms with E-state index in [0.717, 1.165) is 0 Å². The molecule has 0 saturated heterocycles. The molecule has 0 aliphatic rings. The van der Waals surface area contributed by atoms with Gasteiger partial charge < -0.3 is 9.84 Å². The van der Waals surface area contributed by atoms with Gasteiger partial charge in [0.2, 0.25) is 0 Å². The molecule has 1 N–H and O–H groups in total. The Morgan fingerprint density at radius 1 is 1.10 bits per heavy atom. The first-order valence-electron chi connectivity index (χ1n) is 6.19. The van der Waals surface area contributed by atoms with E-state index in [1.54, 1.807) is 42.5 Å². The molecule has 0 amide bonds. The number of ether oxygens (including phenoxy) is 1. The zero-order chi connectivity index (χ0) is 14.5. The number of methoxy groups -OCH3 is 1. The van der Waals surface area contributed by atoms with Gasteiger partial charge in [0.15, 0.2) is 12.0 Å². The van der Waals surface area contributed by atoms with Crippen molar-refractivity contribution in [2.24, 2.45) is 0 Å². The van der Waals surface area contributed by atoms with E-state index in [4.69, 9.17) is 4.74 Å². The van der Waals surface area contributed by atoms with E-state index in [2.05, 4.69) is 0 Å². The van der Waals surface area contributed by atoms with E-state index in [0.29, 0.717) is 11.3 Å². The molecule has 0 heterocycles. The number of carbonyl (C=O) groups is 1. The van der Waals surface area contributed by atoms with Crippen molar-refractivity contribution >= 4 is 5.78 Å². The summed E-state index contributed by atoms with van der Waals surface area (Å²) in [7, 11) is 1.51. The number of benzene rings is 2. The van der Waals surface area contributed by atoms with Gasteiger partial charge in [-0.05, 0) is 29.8 Å². The summed E-state index contributed by atoms with van der Waals surface area (Å²) < 4.78 is 19.1. The van der Waals surface area contributed by atoms with Crippen molar-refractivity contribution in [3.8, 4) is 5.75 Å².